The van der Waals surface area contributed by atoms with Crippen LogP contribution in [0.4, 0.5) is 5.69 Å². The molecule has 0 aromatic heterocycles. The smallest absolute Gasteiger partial charge is 0.262 e. The van der Waals surface area contributed by atoms with Crippen LogP contribution in [0.1, 0.15) is 69.2 Å². The highest BCUT2D eigenvalue weighted by Crippen LogP contribution is 2.32. The topological polar surface area (TPSA) is 102 Å². The number of hydrogen-bond donors (Lipinski definition) is 0. The Morgan fingerprint density at radius 3 is 2.41 bits per heavy atom. The fourth-order valence-electron chi connectivity index (χ4n) is 6.60. The number of anilines is 1. The van der Waals surface area contributed by atoms with Gasteiger partial charge in [-0.3, -0.25) is 29.0 Å². The van der Waals surface area contributed by atoms with Crippen molar-refractivity contribution in [1.29, 1.82) is 5.26 Å². The second-order valence-corrected chi connectivity index (χ2v) is 12.3. The first kappa shape index (κ1) is 29.7. The maximum atomic E-state index is 13.4. The number of ketones is 2. The Balaban J connectivity index is 1.06. The van der Waals surface area contributed by atoms with Crippen LogP contribution in [-0.4, -0.2) is 64.9 Å². The van der Waals surface area contributed by atoms with E-state index in [1.165, 1.54) is 5.56 Å². The third-order valence-electron chi connectivity index (χ3n) is 9.06. The Hall–Kier alpha value is -4.32. The molecule has 2 atom stereocenters. The number of Topliss-reactive ketones (excluding diaryl/α,β-unsaturated/α-hetero) is 2. The number of nitriles is 1. The predicted molar refractivity (Wildman–Crippen MR) is 167 cm³/mol. The monoisotopic (exact) mass is 608 g/mol. The number of amides is 2. The van der Waals surface area contributed by atoms with Crippen molar-refractivity contribution in [2.75, 3.05) is 24.5 Å². The van der Waals surface area contributed by atoms with Gasteiger partial charge in [0.2, 0.25) is 0 Å². The fraction of sp³-hybridized carbons (Fsp3) is 0.343. The molecule has 1 saturated carbocycles. The van der Waals surface area contributed by atoms with Crippen molar-refractivity contribution in [3.05, 3.63) is 99.1 Å². The van der Waals surface area contributed by atoms with Crippen molar-refractivity contribution in [2.24, 2.45) is 0 Å². The van der Waals surface area contributed by atoms with E-state index < -0.39 is 17.9 Å². The molecule has 1 saturated heterocycles. The van der Waals surface area contributed by atoms with Gasteiger partial charge in [-0.05, 0) is 67.1 Å². The summed E-state index contributed by atoms with van der Waals surface area (Å²) in [6, 6.07) is 20.9. The van der Waals surface area contributed by atoms with Crippen molar-refractivity contribution in [2.45, 2.75) is 57.7 Å². The van der Waals surface area contributed by atoms with Gasteiger partial charge in [-0.15, -0.1) is 0 Å². The second kappa shape index (κ2) is 12.4. The highest BCUT2D eigenvalue weighted by Gasteiger charge is 2.45. The zero-order valence-corrected chi connectivity index (χ0v) is 25.3. The van der Waals surface area contributed by atoms with Gasteiger partial charge in [0, 0.05) is 38.6 Å². The average Bonchev–Trinajstić information content (AvgIpc) is 3.27. The van der Waals surface area contributed by atoms with Gasteiger partial charge in [0.15, 0.2) is 5.78 Å². The summed E-state index contributed by atoms with van der Waals surface area (Å²) < 4.78 is 0. The number of nitrogens with zero attached hydrogens (tertiary/aromatic N) is 4. The molecule has 2 amide bonds. The van der Waals surface area contributed by atoms with Crippen molar-refractivity contribution >= 4 is 40.7 Å². The number of rotatable bonds is 7. The molecule has 0 N–H and O–H groups in total. The molecule has 2 fully saturated rings. The molecule has 1 unspecified atom stereocenters. The van der Waals surface area contributed by atoms with Gasteiger partial charge in [-0.2, -0.15) is 5.26 Å². The van der Waals surface area contributed by atoms with E-state index in [9.17, 15) is 19.2 Å². The van der Waals surface area contributed by atoms with Gasteiger partial charge in [0.1, 0.15) is 5.78 Å². The minimum Gasteiger partial charge on any atom is -0.367 e. The summed E-state index contributed by atoms with van der Waals surface area (Å²) >= 11 is 6.46. The SMILES string of the molecule is C[C@@H]1CN(c2ccc(C#N)cc2Cl)CCN1Cc1ccc(CCc2cccc3c2C(=O)N(C2CCC(=O)CC2=O)C3=O)cc1. The summed E-state index contributed by atoms with van der Waals surface area (Å²) in [6.45, 7) is 5.64. The highest BCUT2D eigenvalue weighted by atomic mass is 35.5. The van der Waals surface area contributed by atoms with Crippen LogP contribution in [0.25, 0.3) is 0 Å². The van der Waals surface area contributed by atoms with E-state index in [-0.39, 0.29) is 30.8 Å². The molecule has 2 heterocycles. The van der Waals surface area contributed by atoms with Crippen LogP contribution in [-0.2, 0) is 29.0 Å². The van der Waals surface area contributed by atoms with Crippen molar-refractivity contribution in [3.63, 3.8) is 0 Å². The van der Waals surface area contributed by atoms with Gasteiger partial charge in [0.05, 0.1) is 45.9 Å². The molecular formula is C35H33ClN4O4. The molecule has 3 aliphatic rings. The molecule has 0 bridgehead atoms. The summed E-state index contributed by atoms with van der Waals surface area (Å²) in [5.74, 6) is -1.38. The van der Waals surface area contributed by atoms with Crippen molar-refractivity contribution in [1.82, 2.24) is 9.80 Å². The first-order chi connectivity index (χ1) is 21.2. The van der Waals surface area contributed by atoms with Crippen LogP contribution in [0.5, 0.6) is 0 Å². The summed E-state index contributed by atoms with van der Waals surface area (Å²) in [5.41, 5.74) is 5.39. The second-order valence-electron chi connectivity index (χ2n) is 11.9. The van der Waals surface area contributed by atoms with Crippen molar-refractivity contribution in [3.8, 4) is 6.07 Å². The molecule has 3 aromatic rings. The highest BCUT2D eigenvalue weighted by molar-refractivity contribution is 6.33. The van der Waals surface area contributed by atoms with E-state index in [4.69, 9.17) is 16.9 Å². The number of benzene rings is 3. The standard InChI is InChI=1S/C35H33ClN4O4/c1-22-20-39(30-13-10-25(19-37)17-29(30)36)16-15-38(22)21-24-7-5-23(6-8-24)9-11-26-3-2-4-28-33(26)35(44)40(34(28)43)31-14-12-27(41)18-32(31)42/h2-8,10,13,17,22,31H,9,11-12,14-16,18,20-21H2,1H3/t22-,31?/m1/s1. The maximum absolute atomic E-state index is 13.4. The van der Waals surface area contributed by atoms with E-state index in [2.05, 4.69) is 47.1 Å². The lowest BCUT2D eigenvalue weighted by atomic mass is 9.92. The minimum atomic E-state index is -0.861. The Morgan fingerprint density at radius 1 is 0.932 bits per heavy atom. The minimum absolute atomic E-state index is 0.142. The summed E-state index contributed by atoms with van der Waals surface area (Å²) in [6.07, 6.45) is 1.47. The van der Waals surface area contributed by atoms with E-state index in [1.807, 2.05) is 12.1 Å². The summed E-state index contributed by atoms with van der Waals surface area (Å²) in [4.78, 5) is 56.6. The van der Waals surface area contributed by atoms with Crippen LogP contribution in [0.2, 0.25) is 5.02 Å². The lowest BCUT2D eigenvalue weighted by molar-refractivity contribution is -0.132. The van der Waals surface area contributed by atoms with Gasteiger partial charge >= 0.3 is 0 Å². The number of aryl methyl sites for hydroxylation is 2. The number of imide groups is 1. The zero-order valence-electron chi connectivity index (χ0n) is 24.6. The van der Waals surface area contributed by atoms with Crippen LogP contribution in [0, 0.1) is 11.3 Å². The molecule has 0 spiro atoms. The molecule has 6 rings (SSSR count). The quantitative estimate of drug-likeness (QED) is 0.275. The summed E-state index contributed by atoms with van der Waals surface area (Å²) in [7, 11) is 0. The van der Waals surface area contributed by atoms with Crippen LogP contribution in [0.15, 0.2) is 60.7 Å². The number of fused-ring (bicyclic) bond motifs is 1. The van der Waals surface area contributed by atoms with Gasteiger partial charge in [0.25, 0.3) is 11.8 Å². The Bertz CT molecular complexity index is 1700. The lowest BCUT2D eigenvalue weighted by Crippen LogP contribution is -2.51. The normalized spacial score (nSPS) is 20.7. The average molecular weight is 609 g/mol. The molecule has 2 aliphatic heterocycles. The molecule has 224 valence electrons. The van der Waals surface area contributed by atoms with E-state index >= 15 is 0 Å². The number of carbonyl (C=O) groups is 4. The fourth-order valence-corrected chi connectivity index (χ4v) is 6.90. The molecule has 44 heavy (non-hydrogen) atoms. The molecule has 0 radical (unpaired) electrons. The number of piperazine rings is 1. The Labute approximate surface area is 261 Å². The Kier molecular flexibility index (Phi) is 8.35. The molecule has 8 nitrogen and oxygen atoms in total. The predicted octanol–water partition coefficient (Wildman–Crippen LogP) is 4.99. The maximum Gasteiger partial charge on any atom is 0.262 e. The molecule has 1 aliphatic carbocycles. The van der Waals surface area contributed by atoms with Crippen LogP contribution >= 0.6 is 11.6 Å². The summed E-state index contributed by atoms with van der Waals surface area (Å²) in [5, 5.41) is 9.73. The third-order valence-corrected chi connectivity index (χ3v) is 9.36. The van der Waals surface area contributed by atoms with Gasteiger partial charge in [-0.1, -0.05) is 48.0 Å². The largest absolute Gasteiger partial charge is 0.367 e. The van der Waals surface area contributed by atoms with Crippen LogP contribution < -0.4 is 4.90 Å². The lowest BCUT2D eigenvalue weighted by Gasteiger charge is -2.41. The third kappa shape index (κ3) is 5.78. The Morgan fingerprint density at radius 2 is 1.70 bits per heavy atom. The first-order valence-electron chi connectivity index (χ1n) is 15.0. The first-order valence-corrected chi connectivity index (χ1v) is 15.4. The van der Waals surface area contributed by atoms with Crippen LogP contribution in [0.3, 0.4) is 0 Å². The zero-order chi connectivity index (χ0) is 31.0. The van der Waals surface area contributed by atoms with E-state index in [0.29, 0.717) is 40.6 Å². The van der Waals surface area contributed by atoms with Crippen molar-refractivity contribution < 1.29 is 19.2 Å². The molecule has 3 aromatic carbocycles. The van der Waals surface area contributed by atoms with E-state index in [0.717, 1.165) is 47.9 Å². The number of hydrogen-bond acceptors (Lipinski definition) is 7. The van der Waals surface area contributed by atoms with Gasteiger partial charge in [-0.25, -0.2) is 0 Å². The number of halogens is 1. The molecule has 9 heteroatoms. The number of carbonyl (C=O) groups excluding carboxylic acids is 4. The molecular weight excluding hydrogens is 576 g/mol. The van der Waals surface area contributed by atoms with E-state index in [1.54, 1.807) is 24.3 Å². The van der Waals surface area contributed by atoms with Gasteiger partial charge < -0.3 is 4.90 Å².